The highest BCUT2D eigenvalue weighted by molar-refractivity contribution is 14.0. The smallest absolute Gasteiger partial charge is 0.341 e. The summed E-state index contributed by atoms with van der Waals surface area (Å²) < 4.78 is 15.3. The molecular weight excluding hydrogens is 437 g/mol. The Bertz CT molecular complexity index is 553. The Hall–Kier alpha value is -1.55. The van der Waals surface area contributed by atoms with Gasteiger partial charge in [-0.15, -0.1) is 24.0 Å². The molecule has 0 aliphatic carbocycles. The molecule has 0 heterocycles. The molecule has 0 unspecified atom stereocenters. The van der Waals surface area contributed by atoms with Crippen molar-refractivity contribution in [3.63, 3.8) is 0 Å². The van der Waals surface area contributed by atoms with Crippen LogP contribution in [0, 0.1) is 0 Å². The lowest BCUT2D eigenvalue weighted by Gasteiger charge is -2.12. The van der Waals surface area contributed by atoms with Gasteiger partial charge in [0.05, 0.1) is 27.4 Å². The first-order valence-corrected chi connectivity index (χ1v) is 8.01. The van der Waals surface area contributed by atoms with Crippen LogP contribution in [0.25, 0.3) is 0 Å². The third kappa shape index (κ3) is 8.39. The molecule has 0 aliphatic heterocycles. The quantitative estimate of drug-likeness (QED) is 0.191. The van der Waals surface area contributed by atoms with Crippen LogP contribution >= 0.6 is 24.0 Å². The first-order valence-electron chi connectivity index (χ1n) is 8.01. The Morgan fingerprint density at radius 1 is 1.20 bits per heavy atom. The predicted molar refractivity (Wildman–Crippen MR) is 109 cm³/mol. The number of hydrogen-bond donors (Lipinski definition) is 2. The van der Waals surface area contributed by atoms with E-state index in [9.17, 15) is 4.79 Å². The van der Waals surface area contributed by atoms with Gasteiger partial charge in [0.1, 0.15) is 11.3 Å². The molecule has 0 bridgehead atoms. The van der Waals surface area contributed by atoms with Crippen LogP contribution in [-0.2, 0) is 16.0 Å². The number of methoxy groups -OCH3 is 2. The zero-order valence-electron chi connectivity index (χ0n) is 15.3. The molecule has 1 aromatic carbocycles. The number of ether oxygens (including phenoxy) is 3. The van der Waals surface area contributed by atoms with Crippen LogP contribution in [0.3, 0.4) is 0 Å². The van der Waals surface area contributed by atoms with E-state index in [4.69, 9.17) is 14.2 Å². The first-order chi connectivity index (χ1) is 11.7. The highest BCUT2D eigenvalue weighted by Gasteiger charge is 2.13. The molecule has 0 aliphatic rings. The maximum absolute atomic E-state index is 11.8. The number of benzene rings is 1. The maximum atomic E-state index is 11.8. The number of esters is 1. The van der Waals surface area contributed by atoms with Crippen LogP contribution < -0.4 is 15.4 Å². The highest BCUT2D eigenvalue weighted by Crippen LogP contribution is 2.21. The molecule has 1 rings (SSSR count). The fraction of sp³-hybridized carbons (Fsp3) is 0.529. The van der Waals surface area contributed by atoms with E-state index in [1.54, 1.807) is 12.1 Å². The predicted octanol–water partition coefficient (Wildman–Crippen LogP) is 2.19. The zero-order chi connectivity index (χ0) is 17.8. The van der Waals surface area contributed by atoms with Gasteiger partial charge in [-0.3, -0.25) is 0 Å². The van der Waals surface area contributed by atoms with E-state index in [0.29, 0.717) is 43.6 Å². The third-order valence-electron chi connectivity index (χ3n) is 3.18. The summed E-state index contributed by atoms with van der Waals surface area (Å²) in [6.45, 7) is 7.14. The van der Waals surface area contributed by atoms with E-state index in [0.717, 1.165) is 12.1 Å². The minimum Gasteiger partial charge on any atom is -0.496 e. The Kier molecular flexibility index (Phi) is 12.9. The number of nitrogens with one attached hydrogen (secondary N) is 2. The molecule has 0 saturated heterocycles. The topological polar surface area (TPSA) is 81.2 Å². The van der Waals surface area contributed by atoms with Gasteiger partial charge >= 0.3 is 5.97 Å². The average Bonchev–Trinajstić information content (AvgIpc) is 2.62. The maximum Gasteiger partial charge on any atom is 0.341 e. The molecule has 0 amide bonds. The van der Waals surface area contributed by atoms with E-state index < -0.39 is 5.97 Å². The second-order valence-electron chi connectivity index (χ2n) is 4.85. The van der Waals surface area contributed by atoms with Crippen LogP contribution in [0.1, 0.15) is 29.8 Å². The molecule has 25 heavy (non-hydrogen) atoms. The van der Waals surface area contributed by atoms with E-state index in [1.807, 2.05) is 19.9 Å². The van der Waals surface area contributed by atoms with E-state index in [2.05, 4.69) is 15.6 Å². The van der Waals surface area contributed by atoms with Crippen LogP contribution in [0.5, 0.6) is 5.75 Å². The van der Waals surface area contributed by atoms with Crippen LogP contribution in [0.15, 0.2) is 23.2 Å². The van der Waals surface area contributed by atoms with Crippen molar-refractivity contribution in [1.29, 1.82) is 0 Å². The Balaban J connectivity index is 0.00000576. The van der Waals surface area contributed by atoms with Gasteiger partial charge in [0, 0.05) is 19.7 Å². The second-order valence-corrected chi connectivity index (χ2v) is 4.85. The van der Waals surface area contributed by atoms with Crippen molar-refractivity contribution in [1.82, 2.24) is 10.6 Å². The van der Waals surface area contributed by atoms with E-state index >= 15 is 0 Å². The van der Waals surface area contributed by atoms with E-state index in [-0.39, 0.29) is 24.0 Å². The molecule has 2 N–H and O–H groups in total. The molecule has 8 heteroatoms. The molecule has 0 radical (unpaired) electrons. The number of carbonyl (C=O) groups excluding carboxylic acids is 1. The number of hydrogen-bond acceptors (Lipinski definition) is 5. The summed E-state index contributed by atoms with van der Waals surface area (Å²) in [4.78, 5) is 16.3. The fourth-order valence-corrected chi connectivity index (χ4v) is 2.02. The molecule has 0 atom stereocenters. The van der Waals surface area contributed by atoms with Crippen molar-refractivity contribution >= 4 is 35.9 Å². The van der Waals surface area contributed by atoms with Gasteiger partial charge in [0.2, 0.25) is 0 Å². The lowest BCUT2D eigenvalue weighted by atomic mass is 10.1. The molecule has 1 aromatic rings. The first kappa shape index (κ1) is 23.4. The van der Waals surface area contributed by atoms with Gasteiger partial charge in [0.25, 0.3) is 0 Å². The van der Waals surface area contributed by atoms with Crippen molar-refractivity contribution in [2.45, 2.75) is 20.4 Å². The normalized spacial score (nSPS) is 10.6. The average molecular weight is 465 g/mol. The summed E-state index contributed by atoms with van der Waals surface area (Å²) in [5.41, 5.74) is 1.28. The summed E-state index contributed by atoms with van der Waals surface area (Å²) in [7, 11) is 2.86. The summed E-state index contributed by atoms with van der Waals surface area (Å²) in [5.74, 6) is 0.753. The minimum atomic E-state index is -0.431. The summed E-state index contributed by atoms with van der Waals surface area (Å²) >= 11 is 0. The second kappa shape index (κ2) is 13.7. The Morgan fingerprint density at radius 2 is 1.96 bits per heavy atom. The minimum absolute atomic E-state index is 0. The van der Waals surface area contributed by atoms with Gasteiger partial charge in [-0.1, -0.05) is 6.07 Å². The summed E-state index contributed by atoms with van der Waals surface area (Å²) in [6, 6.07) is 5.35. The molecule has 142 valence electrons. The lowest BCUT2D eigenvalue weighted by molar-refractivity contribution is 0.0597. The SMILES string of the molecule is CCNC(=NCc1ccc(OC)c(C(=O)OC)c1)NCCOCC.I. The fourth-order valence-electron chi connectivity index (χ4n) is 2.02. The van der Waals surface area contributed by atoms with Gasteiger partial charge in [0.15, 0.2) is 5.96 Å². The largest absolute Gasteiger partial charge is 0.496 e. The molecule has 0 saturated carbocycles. The van der Waals surface area contributed by atoms with Crippen LogP contribution in [0.2, 0.25) is 0 Å². The van der Waals surface area contributed by atoms with Crippen molar-refractivity contribution in [2.75, 3.05) is 40.5 Å². The number of halogens is 1. The van der Waals surface area contributed by atoms with Gasteiger partial charge in [-0.05, 0) is 31.5 Å². The van der Waals surface area contributed by atoms with Crippen LogP contribution in [0.4, 0.5) is 0 Å². The Labute approximate surface area is 166 Å². The number of rotatable bonds is 9. The standard InChI is InChI=1S/C17H27N3O4.HI/c1-5-18-17(19-9-10-24-6-2)20-12-13-7-8-15(22-3)14(11-13)16(21)23-4;/h7-8,11H,5-6,9-10,12H2,1-4H3,(H2,18,19,20);1H. The Morgan fingerprint density at radius 3 is 2.56 bits per heavy atom. The highest BCUT2D eigenvalue weighted by atomic mass is 127. The molecule has 0 fully saturated rings. The van der Waals surface area contributed by atoms with Gasteiger partial charge in [-0.2, -0.15) is 0 Å². The number of carbonyl (C=O) groups is 1. The third-order valence-corrected chi connectivity index (χ3v) is 3.18. The van der Waals surface area contributed by atoms with Gasteiger partial charge in [-0.25, -0.2) is 9.79 Å². The van der Waals surface area contributed by atoms with Crippen molar-refractivity contribution in [2.24, 2.45) is 4.99 Å². The van der Waals surface area contributed by atoms with E-state index in [1.165, 1.54) is 14.2 Å². The van der Waals surface area contributed by atoms with Crippen molar-refractivity contribution in [3.8, 4) is 5.75 Å². The zero-order valence-corrected chi connectivity index (χ0v) is 17.6. The number of aliphatic imine (C=N–C) groups is 1. The monoisotopic (exact) mass is 465 g/mol. The molecule has 7 nitrogen and oxygen atoms in total. The summed E-state index contributed by atoms with van der Waals surface area (Å²) in [5, 5.41) is 6.36. The van der Waals surface area contributed by atoms with Crippen molar-refractivity contribution in [3.05, 3.63) is 29.3 Å². The number of guanidine groups is 1. The van der Waals surface area contributed by atoms with Gasteiger partial charge < -0.3 is 24.8 Å². The van der Waals surface area contributed by atoms with Crippen LogP contribution in [-0.4, -0.2) is 52.5 Å². The molecule has 0 spiro atoms. The summed E-state index contributed by atoms with van der Waals surface area (Å²) in [6.07, 6.45) is 0. The lowest BCUT2D eigenvalue weighted by Crippen LogP contribution is -2.39. The van der Waals surface area contributed by atoms with Crippen molar-refractivity contribution < 1.29 is 19.0 Å². The molecular formula is C17H28IN3O4. The number of nitrogens with zero attached hydrogens (tertiary/aromatic N) is 1. The molecule has 0 aromatic heterocycles.